The van der Waals surface area contributed by atoms with Crippen LogP contribution in [0.4, 0.5) is 5.69 Å². The van der Waals surface area contributed by atoms with Gasteiger partial charge in [0.25, 0.3) is 0 Å². The molecule has 0 radical (unpaired) electrons. The molecular weight excluding hydrogens is 278 g/mol. The van der Waals surface area contributed by atoms with Gasteiger partial charge >= 0.3 is 5.97 Å². The van der Waals surface area contributed by atoms with Crippen LogP contribution in [0.1, 0.15) is 17.3 Å². The van der Waals surface area contributed by atoms with Gasteiger partial charge in [-0.25, -0.2) is 4.79 Å². The minimum absolute atomic E-state index is 0.0739. The molecule has 0 N–H and O–H groups in total. The van der Waals surface area contributed by atoms with Crippen molar-refractivity contribution in [1.29, 1.82) is 10.5 Å². The first-order chi connectivity index (χ1) is 10.7. The third-order valence-corrected chi connectivity index (χ3v) is 3.02. The fourth-order valence-corrected chi connectivity index (χ4v) is 1.90. The Morgan fingerprint density at radius 3 is 2.23 bits per heavy atom. The van der Waals surface area contributed by atoms with E-state index in [9.17, 15) is 4.79 Å². The number of hydrogen-bond donors (Lipinski definition) is 0. The average Bonchev–Trinajstić information content (AvgIpc) is 2.57. The van der Waals surface area contributed by atoms with Gasteiger partial charge in [0, 0.05) is 23.7 Å². The van der Waals surface area contributed by atoms with Crippen molar-refractivity contribution >= 4 is 11.7 Å². The van der Waals surface area contributed by atoms with Gasteiger partial charge in [-0.1, -0.05) is 0 Å². The zero-order valence-corrected chi connectivity index (χ0v) is 12.0. The molecule has 2 rings (SSSR count). The maximum atomic E-state index is 11.6. The van der Waals surface area contributed by atoms with Crippen LogP contribution in [-0.4, -0.2) is 12.6 Å². The van der Waals surface area contributed by atoms with Crippen molar-refractivity contribution in [2.75, 3.05) is 11.5 Å². The van der Waals surface area contributed by atoms with E-state index in [1.807, 2.05) is 17.0 Å². The number of anilines is 1. The first kappa shape index (κ1) is 15.1. The highest BCUT2D eigenvalue weighted by atomic mass is 16.5. The average molecular weight is 291 g/mol. The molecule has 0 amide bonds. The number of ether oxygens (including phenoxy) is 1. The standard InChI is InChI=1S/C17H13N3O2/c1-2-22-17(21)14-3-5-16(6-4-14)20-9-7-13(8-10-20)15(11-18)12-19/h3-10H,2H2,1H3. The molecule has 22 heavy (non-hydrogen) atoms. The SMILES string of the molecule is CCOC(=O)c1ccc(N2C=CC(=C(C#N)C#N)C=C2)cc1. The number of benzene rings is 1. The minimum atomic E-state index is -0.350. The second kappa shape index (κ2) is 6.92. The summed E-state index contributed by atoms with van der Waals surface area (Å²) in [5, 5.41) is 17.7. The van der Waals surface area contributed by atoms with E-state index < -0.39 is 0 Å². The number of carbonyl (C=O) groups excluding carboxylic acids is 1. The molecule has 1 aliphatic heterocycles. The molecule has 5 nitrogen and oxygen atoms in total. The zero-order chi connectivity index (χ0) is 15.9. The van der Waals surface area contributed by atoms with Crippen LogP contribution in [0.5, 0.6) is 0 Å². The van der Waals surface area contributed by atoms with Crippen LogP contribution in [0, 0.1) is 22.7 Å². The summed E-state index contributed by atoms with van der Waals surface area (Å²) in [6.07, 6.45) is 6.90. The highest BCUT2D eigenvalue weighted by Crippen LogP contribution is 2.21. The Hall–Kier alpha value is -3.31. The van der Waals surface area contributed by atoms with Crippen molar-refractivity contribution in [3.63, 3.8) is 0 Å². The number of hydrogen-bond acceptors (Lipinski definition) is 5. The maximum Gasteiger partial charge on any atom is 0.338 e. The molecule has 1 aromatic carbocycles. The zero-order valence-electron chi connectivity index (χ0n) is 12.0. The molecule has 0 bridgehead atoms. The highest BCUT2D eigenvalue weighted by molar-refractivity contribution is 5.89. The van der Waals surface area contributed by atoms with Crippen LogP contribution in [-0.2, 0) is 4.74 Å². The van der Waals surface area contributed by atoms with Gasteiger partial charge in [0.15, 0.2) is 0 Å². The summed E-state index contributed by atoms with van der Waals surface area (Å²) in [6, 6.07) is 10.7. The number of rotatable bonds is 3. The molecule has 1 aromatic rings. The molecule has 0 atom stereocenters. The van der Waals surface area contributed by atoms with Crippen LogP contribution in [0.2, 0.25) is 0 Å². The molecule has 0 aliphatic carbocycles. The van der Waals surface area contributed by atoms with Gasteiger partial charge in [-0.15, -0.1) is 0 Å². The second-order valence-electron chi connectivity index (χ2n) is 4.36. The predicted molar refractivity (Wildman–Crippen MR) is 81.4 cm³/mol. The summed E-state index contributed by atoms with van der Waals surface area (Å²) in [4.78, 5) is 13.4. The summed E-state index contributed by atoms with van der Waals surface area (Å²) >= 11 is 0. The van der Waals surface area contributed by atoms with Crippen LogP contribution in [0.3, 0.4) is 0 Å². The van der Waals surface area contributed by atoms with Crippen molar-refractivity contribution in [1.82, 2.24) is 0 Å². The third-order valence-electron chi connectivity index (χ3n) is 3.02. The Balaban J connectivity index is 2.16. The smallest absolute Gasteiger partial charge is 0.338 e. The molecule has 1 heterocycles. The van der Waals surface area contributed by atoms with E-state index in [1.165, 1.54) is 0 Å². The Kier molecular flexibility index (Phi) is 4.74. The fourth-order valence-electron chi connectivity index (χ4n) is 1.90. The Morgan fingerprint density at radius 2 is 1.73 bits per heavy atom. The lowest BCUT2D eigenvalue weighted by atomic mass is 10.1. The number of nitrogens with zero attached hydrogens (tertiary/aromatic N) is 3. The minimum Gasteiger partial charge on any atom is -0.462 e. The van der Waals surface area contributed by atoms with E-state index in [-0.39, 0.29) is 11.5 Å². The van der Waals surface area contributed by atoms with Gasteiger partial charge in [0.2, 0.25) is 0 Å². The summed E-state index contributed by atoms with van der Waals surface area (Å²) in [5.41, 5.74) is 2.00. The second-order valence-corrected chi connectivity index (χ2v) is 4.36. The van der Waals surface area contributed by atoms with E-state index in [1.54, 1.807) is 55.7 Å². The topological polar surface area (TPSA) is 77.1 Å². The van der Waals surface area contributed by atoms with Crippen molar-refractivity contribution in [3.05, 3.63) is 65.5 Å². The molecule has 0 aromatic heterocycles. The maximum absolute atomic E-state index is 11.6. The van der Waals surface area contributed by atoms with Crippen LogP contribution in [0.15, 0.2) is 60.0 Å². The van der Waals surface area contributed by atoms with E-state index in [0.29, 0.717) is 17.7 Å². The molecule has 0 unspecified atom stereocenters. The first-order valence-electron chi connectivity index (χ1n) is 6.66. The monoisotopic (exact) mass is 291 g/mol. The number of allylic oxidation sites excluding steroid dienone is 4. The molecule has 1 aliphatic rings. The summed E-state index contributed by atoms with van der Waals surface area (Å²) < 4.78 is 4.93. The molecule has 5 heteroatoms. The first-order valence-corrected chi connectivity index (χ1v) is 6.66. The van der Waals surface area contributed by atoms with Crippen molar-refractivity contribution in [3.8, 4) is 12.1 Å². The summed E-state index contributed by atoms with van der Waals surface area (Å²) in [6.45, 7) is 2.10. The van der Waals surface area contributed by atoms with E-state index in [0.717, 1.165) is 5.69 Å². The van der Waals surface area contributed by atoms with Gasteiger partial charge in [-0.3, -0.25) is 0 Å². The van der Waals surface area contributed by atoms with E-state index in [4.69, 9.17) is 15.3 Å². The van der Waals surface area contributed by atoms with Gasteiger partial charge in [-0.05, 0) is 43.3 Å². The normalized spacial score (nSPS) is 12.5. The van der Waals surface area contributed by atoms with E-state index in [2.05, 4.69) is 0 Å². The largest absolute Gasteiger partial charge is 0.462 e. The third kappa shape index (κ3) is 3.23. The lowest BCUT2D eigenvalue weighted by molar-refractivity contribution is 0.0526. The molecular formula is C17H13N3O2. The molecule has 0 saturated heterocycles. The highest BCUT2D eigenvalue weighted by Gasteiger charge is 2.09. The van der Waals surface area contributed by atoms with Crippen molar-refractivity contribution < 1.29 is 9.53 Å². The van der Waals surface area contributed by atoms with Gasteiger partial charge < -0.3 is 9.64 Å². The quantitative estimate of drug-likeness (QED) is 0.632. The number of carbonyl (C=O) groups is 1. The van der Waals surface area contributed by atoms with Gasteiger partial charge in [0.1, 0.15) is 17.7 Å². The molecule has 0 spiro atoms. The number of esters is 1. The number of nitriles is 2. The van der Waals surface area contributed by atoms with Crippen LogP contribution >= 0.6 is 0 Å². The van der Waals surface area contributed by atoms with Gasteiger partial charge in [-0.2, -0.15) is 10.5 Å². The van der Waals surface area contributed by atoms with Crippen molar-refractivity contribution in [2.45, 2.75) is 6.92 Å². The summed E-state index contributed by atoms with van der Waals surface area (Å²) in [5.74, 6) is -0.350. The van der Waals surface area contributed by atoms with Crippen molar-refractivity contribution in [2.24, 2.45) is 0 Å². The Morgan fingerprint density at radius 1 is 1.14 bits per heavy atom. The lowest BCUT2D eigenvalue weighted by Crippen LogP contribution is -2.11. The molecule has 0 saturated carbocycles. The lowest BCUT2D eigenvalue weighted by Gasteiger charge is -2.19. The Bertz CT molecular complexity index is 712. The predicted octanol–water partition coefficient (Wildman–Crippen LogP) is 3.05. The van der Waals surface area contributed by atoms with Crippen LogP contribution < -0.4 is 4.90 Å². The fraction of sp³-hybridized carbons (Fsp3) is 0.118. The Labute approximate surface area is 128 Å². The van der Waals surface area contributed by atoms with E-state index >= 15 is 0 Å². The summed E-state index contributed by atoms with van der Waals surface area (Å²) in [7, 11) is 0. The molecule has 0 fully saturated rings. The van der Waals surface area contributed by atoms with Crippen LogP contribution in [0.25, 0.3) is 0 Å². The molecule has 108 valence electrons. The van der Waals surface area contributed by atoms with Gasteiger partial charge in [0.05, 0.1) is 12.2 Å².